The summed E-state index contributed by atoms with van der Waals surface area (Å²) in [6, 6.07) is 45.7. The smallest absolute Gasteiger partial charge is 0.168 e. The molecule has 9 rings (SSSR count). The maximum Gasteiger partial charge on any atom is 0.168 e. The summed E-state index contributed by atoms with van der Waals surface area (Å²) < 4.78 is 4.25. The molecule has 0 saturated carbocycles. The maximum atomic E-state index is 5.39. The Morgan fingerprint density at radius 2 is 0.818 bits per heavy atom. The van der Waals surface area contributed by atoms with Crippen molar-refractivity contribution in [2.24, 2.45) is 0 Å². The first-order chi connectivity index (χ1) is 21.8. The lowest BCUT2D eigenvalue weighted by atomic mass is 10.1. The molecule has 5 aromatic heterocycles. The van der Waals surface area contributed by atoms with Crippen LogP contribution in [0.5, 0.6) is 0 Å². The van der Waals surface area contributed by atoms with Gasteiger partial charge < -0.3 is 0 Å². The van der Waals surface area contributed by atoms with E-state index < -0.39 is 0 Å². The molecule has 0 aliphatic rings. The van der Waals surface area contributed by atoms with Gasteiger partial charge in [-0.1, -0.05) is 97.1 Å². The summed E-state index contributed by atoms with van der Waals surface area (Å²) in [5.74, 6) is 1.58. The van der Waals surface area contributed by atoms with Gasteiger partial charge in [0.1, 0.15) is 22.7 Å². The minimum absolute atomic E-state index is 0.750. The first-order valence-corrected chi connectivity index (χ1v) is 14.6. The first kappa shape index (κ1) is 24.5. The Morgan fingerprint density at radius 3 is 1.30 bits per heavy atom. The van der Waals surface area contributed by atoms with E-state index in [2.05, 4.69) is 94.1 Å². The lowest BCUT2D eigenvalue weighted by Crippen LogP contribution is -2.02. The van der Waals surface area contributed by atoms with E-state index >= 15 is 0 Å². The summed E-state index contributed by atoms with van der Waals surface area (Å²) in [7, 11) is 0. The molecule has 0 saturated heterocycles. The summed E-state index contributed by atoms with van der Waals surface area (Å²) in [6.45, 7) is 0. The van der Waals surface area contributed by atoms with Crippen molar-refractivity contribution in [3.63, 3.8) is 0 Å². The zero-order valence-corrected chi connectivity index (χ0v) is 23.5. The van der Waals surface area contributed by atoms with Crippen LogP contribution in [0, 0.1) is 0 Å². The van der Waals surface area contributed by atoms with Gasteiger partial charge in [0.25, 0.3) is 0 Å². The molecule has 206 valence electrons. The monoisotopic (exact) mass is 564 g/mol. The van der Waals surface area contributed by atoms with Gasteiger partial charge in [-0.15, -0.1) is 0 Å². The van der Waals surface area contributed by atoms with Gasteiger partial charge in [0.2, 0.25) is 0 Å². The topological polar surface area (TPSA) is 61.4 Å². The Bertz CT molecular complexity index is 2320. The van der Waals surface area contributed by atoms with Crippen LogP contribution < -0.4 is 0 Å². The van der Waals surface area contributed by atoms with Crippen molar-refractivity contribution in [3.8, 4) is 33.9 Å². The van der Waals surface area contributed by atoms with Gasteiger partial charge in [0.05, 0.1) is 11.0 Å². The van der Waals surface area contributed by atoms with Crippen LogP contribution in [-0.4, -0.2) is 29.1 Å². The average Bonchev–Trinajstić information content (AvgIpc) is 3.60. The second kappa shape index (κ2) is 9.71. The molecule has 0 bridgehead atoms. The molecular formula is C38H24N6. The van der Waals surface area contributed by atoms with Crippen molar-refractivity contribution in [2.75, 3.05) is 0 Å². The van der Waals surface area contributed by atoms with Crippen LogP contribution in [0.4, 0.5) is 0 Å². The standard InChI is InChI=1S/C38H24N6/c1-3-11-25(12-4-1)27-19-21-39-33(23-27)43-31-17-9-7-15-29(31)35-37(43)42-38-36(41-35)30-16-8-10-18-32(30)44(38)34-24-28(20-22-40-34)26-13-5-2-6-14-26/h1-24H. The third-order valence-electron chi connectivity index (χ3n) is 8.25. The molecule has 0 spiro atoms. The van der Waals surface area contributed by atoms with Crippen LogP contribution in [0.15, 0.2) is 146 Å². The summed E-state index contributed by atoms with van der Waals surface area (Å²) in [5, 5.41) is 2.06. The predicted octanol–water partition coefficient (Wildman–Crippen LogP) is 8.79. The number of aromatic nitrogens is 6. The highest BCUT2D eigenvalue weighted by Gasteiger charge is 2.22. The van der Waals surface area contributed by atoms with Gasteiger partial charge in [0, 0.05) is 23.2 Å². The Balaban J connectivity index is 1.35. The number of rotatable bonds is 4. The van der Waals surface area contributed by atoms with Gasteiger partial charge in [-0.2, -0.15) is 0 Å². The van der Waals surface area contributed by atoms with Crippen molar-refractivity contribution >= 4 is 44.1 Å². The number of hydrogen-bond acceptors (Lipinski definition) is 4. The van der Waals surface area contributed by atoms with E-state index in [4.69, 9.17) is 19.9 Å². The lowest BCUT2D eigenvalue weighted by Gasteiger charge is -2.10. The minimum atomic E-state index is 0.750. The highest BCUT2D eigenvalue weighted by molar-refractivity contribution is 6.12. The number of hydrogen-bond donors (Lipinski definition) is 0. The predicted molar refractivity (Wildman–Crippen MR) is 177 cm³/mol. The van der Waals surface area contributed by atoms with Crippen molar-refractivity contribution in [2.45, 2.75) is 0 Å². The molecule has 0 aliphatic carbocycles. The minimum Gasteiger partial charge on any atom is -0.276 e. The molecule has 6 nitrogen and oxygen atoms in total. The van der Waals surface area contributed by atoms with Gasteiger partial charge in [-0.25, -0.2) is 19.9 Å². The van der Waals surface area contributed by atoms with E-state index in [1.807, 2.05) is 60.9 Å². The quantitative estimate of drug-likeness (QED) is 0.214. The normalized spacial score (nSPS) is 11.6. The van der Waals surface area contributed by atoms with Gasteiger partial charge in [0.15, 0.2) is 11.3 Å². The zero-order chi connectivity index (χ0) is 29.0. The van der Waals surface area contributed by atoms with E-state index in [0.29, 0.717) is 0 Å². The molecule has 0 aliphatic heterocycles. The number of pyridine rings is 2. The average molecular weight is 565 g/mol. The van der Waals surface area contributed by atoms with E-state index in [0.717, 1.165) is 78.0 Å². The maximum absolute atomic E-state index is 5.39. The third kappa shape index (κ3) is 3.75. The molecule has 9 aromatic rings. The van der Waals surface area contributed by atoms with E-state index in [9.17, 15) is 0 Å². The van der Waals surface area contributed by atoms with Crippen molar-refractivity contribution in [1.82, 2.24) is 29.1 Å². The van der Waals surface area contributed by atoms with Crippen LogP contribution in [0.2, 0.25) is 0 Å². The second-order valence-corrected chi connectivity index (χ2v) is 10.8. The fraction of sp³-hybridized carbons (Fsp3) is 0. The molecule has 0 unspecified atom stereocenters. The summed E-state index contributed by atoms with van der Waals surface area (Å²) in [6.07, 6.45) is 3.72. The van der Waals surface area contributed by atoms with E-state index in [-0.39, 0.29) is 0 Å². The van der Waals surface area contributed by atoms with Gasteiger partial charge in [-0.3, -0.25) is 9.13 Å². The largest absolute Gasteiger partial charge is 0.276 e. The molecule has 6 heteroatoms. The number of nitrogens with zero attached hydrogens (tertiary/aromatic N) is 6. The van der Waals surface area contributed by atoms with Crippen LogP contribution in [0.1, 0.15) is 0 Å². The van der Waals surface area contributed by atoms with E-state index in [1.165, 1.54) is 0 Å². The molecule has 0 fully saturated rings. The molecule has 0 amide bonds. The fourth-order valence-electron chi connectivity index (χ4n) is 6.22. The number of benzene rings is 4. The highest BCUT2D eigenvalue weighted by Crippen LogP contribution is 2.36. The molecule has 0 N–H and O–H groups in total. The third-order valence-corrected chi connectivity index (χ3v) is 8.25. The van der Waals surface area contributed by atoms with Crippen LogP contribution in [0.25, 0.3) is 78.0 Å². The van der Waals surface area contributed by atoms with Crippen LogP contribution >= 0.6 is 0 Å². The molecule has 4 aromatic carbocycles. The first-order valence-electron chi connectivity index (χ1n) is 14.6. The second-order valence-electron chi connectivity index (χ2n) is 10.8. The fourth-order valence-corrected chi connectivity index (χ4v) is 6.22. The van der Waals surface area contributed by atoms with Gasteiger partial charge >= 0.3 is 0 Å². The SMILES string of the molecule is c1ccc(-c2ccnc(-n3c4ccccc4c4nc5c6ccccc6n(-c6cc(-c7ccccc7)ccn6)c5nc43)c2)cc1. The number of para-hydroxylation sites is 2. The Kier molecular flexibility index (Phi) is 5.40. The molecule has 5 heterocycles. The zero-order valence-electron chi connectivity index (χ0n) is 23.5. The summed E-state index contributed by atoms with van der Waals surface area (Å²) >= 11 is 0. The Hall–Kier alpha value is -6.14. The van der Waals surface area contributed by atoms with Crippen LogP contribution in [0.3, 0.4) is 0 Å². The van der Waals surface area contributed by atoms with E-state index in [1.54, 1.807) is 0 Å². The summed E-state index contributed by atoms with van der Waals surface area (Å²) in [5.41, 5.74) is 9.64. The highest BCUT2D eigenvalue weighted by atomic mass is 15.2. The Morgan fingerprint density at radius 1 is 0.386 bits per heavy atom. The number of fused-ring (bicyclic) bond motifs is 6. The van der Waals surface area contributed by atoms with Crippen molar-refractivity contribution in [1.29, 1.82) is 0 Å². The molecule has 0 atom stereocenters. The van der Waals surface area contributed by atoms with Gasteiger partial charge in [-0.05, 0) is 58.7 Å². The Labute approximate surface area is 252 Å². The lowest BCUT2D eigenvalue weighted by molar-refractivity contribution is 1.03. The molecule has 44 heavy (non-hydrogen) atoms. The summed E-state index contributed by atoms with van der Waals surface area (Å²) in [4.78, 5) is 20.4. The van der Waals surface area contributed by atoms with Crippen LogP contribution in [-0.2, 0) is 0 Å². The molecule has 0 radical (unpaired) electrons. The van der Waals surface area contributed by atoms with Crippen molar-refractivity contribution < 1.29 is 0 Å². The molecular weight excluding hydrogens is 540 g/mol. The van der Waals surface area contributed by atoms with Crippen molar-refractivity contribution in [3.05, 3.63) is 146 Å².